The molecule has 0 aliphatic carbocycles. The minimum Gasteiger partial charge on any atom is -0.382 e. The van der Waals surface area contributed by atoms with Crippen LogP contribution in [0, 0.1) is 0 Å². The molecule has 6 nitrogen and oxygen atoms in total. The highest BCUT2D eigenvalue weighted by Gasteiger charge is 2.30. The van der Waals surface area contributed by atoms with Crippen LogP contribution in [0.2, 0.25) is 0 Å². The number of pyridine rings is 2. The van der Waals surface area contributed by atoms with Crippen molar-refractivity contribution in [1.82, 2.24) is 9.97 Å². The number of aromatic nitrogens is 2. The van der Waals surface area contributed by atoms with E-state index in [2.05, 4.69) is 20.6 Å². The van der Waals surface area contributed by atoms with Crippen LogP contribution in [-0.4, -0.2) is 29.1 Å². The highest BCUT2D eigenvalue weighted by atomic mass is 19.4. The van der Waals surface area contributed by atoms with Gasteiger partial charge in [-0.1, -0.05) is 12.1 Å². The summed E-state index contributed by atoms with van der Waals surface area (Å²) in [4.78, 5) is 23.1. The van der Waals surface area contributed by atoms with E-state index in [9.17, 15) is 18.0 Å². The molecule has 3 aromatic rings. The molecule has 2 amide bonds. The third-order valence-electron chi connectivity index (χ3n) is 4.90. The van der Waals surface area contributed by atoms with Gasteiger partial charge in [0, 0.05) is 24.8 Å². The van der Waals surface area contributed by atoms with Crippen LogP contribution in [0.5, 0.6) is 0 Å². The molecule has 9 heteroatoms. The van der Waals surface area contributed by atoms with Crippen molar-refractivity contribution in [3.05, 3.63) is 66.5 Å². The van der Waals surface area contributed by atoms with Gasteiger partial charge in [-0.2, -0.15) is 13.2 Å². The fraction of sp³-hybridized carbons (Fsp3) is 0.227. The van der Waals surface area contributed by atoms with Crippen LogP contribution >= 0.6 is 0 Å². The summed E-state index contributed by atoms with van der Waals surface area (Å²) in [7, 11) is 0. The second-order valence-electron chi connectivity index (χ2n) is 7.10. The first-order valence-corrected chi connectivity index (χ1v) is 9.83. The molecule has 0 saturated carbocycles. The fourth-order valence-corrected chi connectivity index (χ4v) is 3.36. The fourth-order valence-electron chi connectivity index (χ4n) is 3.36. The summed E-state index contributed by atoms with van der Waals surface area (Å²) in [6.07, 6.45) is 0.312. The Hall–Kier alpha value is -3.62. The maximum Gasteiger partial charge on any atom is 0.416 e. The molecule has 160 valence electrons. The molecular weight excluding hydrogens is 407 g/mol. The quantitative estimate of drug-likeness (QED) is 0.574. The molecule has 3 heterocycles. The largest absolute Gasteiger partial charge is 0.416 e. The van der Waals surface area contributed by atoms with Crippen LogP contribution in [0.1, 0.15) is 18.4 Å². The van der Waals surface area contributed by atoms with E-state index < -0.39 is 11.7 Å². The molecule has 31 heavy (non-hydrogen) atoms. The van der Waals surface area contributed by atoms with Gasteiger partial charge < -0.3 is 10.6 Å². The topological polar surface area (TPSA) is 70.2 Å². The molecule has 1 aliphatic rings. The molecule has 4 rings (SSSR count). The highest BCUT2D eigenvalue weighted by molar-refractivity contribution is 6.03. The number of anilines is 3. The summed E-state index contributed by atoms with van der Waals surface area (Å²) in [5.74, 6) is 0.371. The number of amides is 2. The van der Waals surface area contributed by atoms with Gasteiger partial charge >= 0.3 is 12.2 Å². The highest BCUT2D eigenvalue weighted by Crippen LogP contribution is 2.34. The van der Waals surface area contributed by atoms with Gasteiger partial charge in [-0.25, -0.2) is 9.78 Å². The first kappa shape index (κ1) is 20.6. The second kappa shape index (κ2) is 8.63. The second-order valence-corrected chi connectivity index (χ2v) is 7.10. The van der Waals surface area contributed by atoms with Crippen LogP contribution in [0.15, 0.2) is 60.9 Å². The number of nitrogens with one attached hydrogen (secondary N) is 2. The average molecular weight is 427 g/mol. The number of fused-ring (bicyclic) bond motifs is 1. The maximum atomic E-state index is 13.1. The van der Waals surface area contributed by atoms with Gasteiger partial charge in [-0.3, -0.25) is 9.88 Å². The maximum absolute atomic E-state index is 13.1. The van der Waals surface area contributed by atoms with Gasteiger partial charge in [-0.15, -0.1) is 0 Å². The SMILES string of the molecule is O=C(Nc1cccnc1)N1CCCCNc2ccc(-c3cccc(C(F)(F)F)c3)nc21. The normalized spacial score (nSPS) is 14.1. The van der Waals surface area contributed by atoms with Gasteiger partial charge in [-0.05, 0) is 49.2 Å². The standard InChI is InChI=1S/C22H20F3N5O/c23-22(24,25)16-6-3-5-15(13-16)18-8-9-19-20(29-18)30(12-2-1-11-27-19)21(31)28-17-7-4-10-26-14-17/h3-10,13-14,27H,1-2,11-12H2,(H,28,31). The molecule has 0 unspecified atom stereocenters. The third-order valence-corrected chi connectivity index (χ3v) is 4.90. The summed E-state index contributed by atoms with van der Waals surface area (Å²) in [6.45, 7) is 1.15. The number of rotatable bonds is 2. The monoisotopic (exact) mass is 427 g/mol. The summed E-state index contributed by atoms with van der Waals surface area (Å²) >= 11 is 0. The Balaban J connectivity index is 1.71. The molecule has 0 bridgehead atoms. The van der Waals surface area contributed by atoms with E-state index in [0.717, 1.165) is 31.5 Å². The predicted molar refractivity (Wildman–Crippen MR) is 113 cm³/mol. The molecular formula is C22H20F3N5O. The van der Waals surface area contributed by atoms with Gasteiger partial charge in [0.1, 0.15) is 0 Å². The van der Waals surface area contributed by atoms with Crippen molar-refractivity contribution < 1.29 is 18.0 Å². The van der Waals surface area contributed by atoms with Gasteiger partial charge in [0.15, 0.2) is 5.82 Å². The van der Waals surface area contributed by atoms with E-state index in [1.807, 2.05) is 0 Å². The molecule has 1 aliphatic heterocycles. The first-order valence-electron chi connectivity index (χ1n) is 9.83. The first-order chi connectivity index (χ1) is 14.9. The lowest BCUT2D eigenvalue weighted by Gasteiger charge is -2.27. The zero-order valence-corrected chi connectivity index (χ0v) is 16.5. The van der Waals surface area contributed by atoms with E-state index in [-0.39, 0.29) is 6.03 Å². The molecule has 0 radical (unpaired) electrons. The van der Waals surface area contributed by atoms with E-state index in [4.69, 9.17) is 0 Å². The van der Waals surface area contributed by atoms with Crippen molar-refractivity contribution in [1.29, 1.82) is 0 Å². The minimum atomic E-state index is -4.45. The lowest BCUT2D eigenvalue weighted by Crippen LogP contribution is -2.38. The van der Waals surface area contributed by atoms with E-state index in [1.54, 1.807) is 36.5 Å². The average Bonchev–Trinajstić information content (AvgIpc) is 2.74. The van der Waals surface area contributed by atoms with Gasteiger partial charge in [0.25, 0.3) is 0 Å². The number of halogens is 3. The van der Waals surface area contributed by atoms with Crippen molar-refractivity contribution in [2.75, 3.05) is 28.6 Å². The van der Waals surface area contributed by atoms with Crippen LogP contribution in [0.4, 0.5) is 35.2 Å². The minimum absolute atomic E-state index is 0.326. The van der Waals surface area contributed by atoms with Crippen LogP contribution < -0.4 is 15.5 Å². The van der Waals surface area contributed by atoms with Crippen LogP contribution in [0.3, 0.4) is 0 Å². The molecule has 0 fully saturated rings. The molecule has 0 spiro atoms. The van der Waals surface area contributed by atoms with Crippen molar-refractivity contribution in [2.45, 2.75) is 19.0 Å². The Bertz CT molecular complexity index is 1070. The summed E-state index contributed by atoms with van der Waals surface area (Å²) in [5, 5.41) is 6.05. The Labute approximate surface area is 177 Å². The van der Waals surface area contributed by atoms with Gasteiger partial charge in [0.05, 0.1) is 28.8 Å². The van der Waals surface area contributed by atoms with Crippen LogP contribution in [-0.2, 0) is 6.18 Å². The molecule has 0 atom stereocenters. The summed E-state index contributed by atoms with van der Waals surface area (Å²) < 4.78 is 39.4. The molecule has 1 aromatic carbocycles. The molecule has 2 aromatic heterocycles. The zero-order valence-electron chi connectivity index (χ0n) is 16.5. The van der Waals surface area contributed by atoms with Crippen LogP contribution in [0.25, 0.3) is 11.3 Å². The zero-order chi connectivity index (χ0) is 21.8. The number of carbonyl (C=O) groups excluding carboxylic acids is 1. The number of urea groups is 1. The lowest BCUT2D eigenvalue weighted by molar-refractivity contribution is -0.137. The Morgan fingerprint density at radius 2 is 1.97 bits per heavy atom. The molecule has 2 N–H and O–H groups in total. The van der Waals surface area contributed by atoms with E-state index >= 15 is 0 Å². The van der Waals surface area contributed by atoms with E-state index in [1.165, 1.54) is 17.2 Å². The number of hydrogen-bond acceptors (Lipinski definition) is 4. The Kier molecular flexibility index (Phi) is 5.75. The third kappa shape index (κ3) is 4.76. The number of alkyl halides is 3. The summed E-state index contributed by atoms with van der Waals surface area (Å²) in [5.41, 5.74) is 1.12. The number of carbonyl (C=O) groups is 1. The number of nitrogens with zero attached hydrogens (tertiary/aromatic N) is 3. The van der Waals surface area contributed by atoms with E-state index in [0.29, 0.717) is 35.0 Å². The smallest absolute Gasteiger partial charge is 0.382 e. The Morgan fingerprint density at radius 3 is 2.74 bits per heavy atom. The number of hydrogen-bond donors (Lipinski definition) is 2. The predicted octanol–water partition coefficient (Wildman–Crippen LogP) is 5.41. The number of benzene rings is 1. The van der Waals surface area contributed by atoms with Crippen molar-refractivity contribution in [3.63, 3.8) is 0 Å². The van der Waals surface area contributed by atoms with Crippen molar-refractivity contribution in [2.24, 2.45) is 0 Å². The lowest BCUT2D eigenvalue weighted by atomic mass is 10.1. The van der Waals surface area contributed by atoms with Crippen molar-refractivity contribution >= 4 is 23.2 Å². The van der Waals surface area contributed by atoms with Gasteiger partial charge in [0.2, 0.25) is 0 Å². The van der Waals surface area contributed by atoms with Crippen molar-refractivity contribution in [3.8, 4) is 11.3 Å². The summed E-state index contributed by atoms with van der Waals surface area (Å²) in [6, 6.07) is 11.4. The Morgan fingerprint density at radius 1 is 1.10 bits per heavy atom. The molecule has 0 saturated heterocycles.